The van der Waals surface area contributed by atoms with Gasteiger partial charge in [-0.3, -0.25) is 9.59 Å². The Morgan fingerprint density at radius 1 is 0.893 bits per heavy atom. The second kappa shape index (κ2) is 7.96. The van der Waals surface area contributed by atoms with Gasteiger partial charge in [-0.1, -0.05) is 43.0 Å². The van der Waals surface area contributed by atoms with Gasteiger partial charge in [0.1, 0.15) is 0 Å². The molecule has 5 heteroatoms. The zero-order chi connectivity index (χ0) is 19.6. The Morgan fingerprint density at radius 3 is 2.14 bits per heavy atom. The summed E-state index contributed by atoms with van der Waals surface area (Å²) < 4.78 is 0. The maximum Gasteiger partial charge on any atom is 0.255 e. The smallest absolute Gasteiger partial charge is 0.255 e. The van der Waals surface area contributed by atoms with E-state index in [2.05, 4.69) is 10.6 Å². The van der Waals surface area contributed by atoms with Gasteiger partial charge in [0.15, 0.2) is 0 Å². The molecule has 0 heterocycles. The van der Waals surface area contributed by atoms with Crippen LogP contribution in [0.15, 0.2) is 48.5 Å². The summed E-state index contributed by atoms with van der Waals surface area (Å²) in [5, 5.41) is 6.76. The number of nitrogens with one attached hydrogen (secondary N) is 2. The van der Waals surface area contributed by atoms with Crippen LogP contribution in [0.1, 0.15) is 60.9 Å². The average Bonchev–Trinajstić information content (AvgIpc) is 3.52. The van der Waals surface area contributed by atoms with E-state index in [0.29, 0.717) is 22.3 Å². The maximum atomic E-state index is 12.9. The van der Waals surface area contributed by atoms with Gasteiger partial charge in [0.2, 0.25) is 5.91 Å². The molecular formula is C23H25ClN2O2. The van der Waals surface area contributed by atoms with Crippen molar-refractivity contribution in [3.8, 4) is 0 Å². The van der Waals surface area contributed by atoms with Crippen LogP contribution in [0.2, 0.25) is 5.02 Å². The van der Waals surface area contributed by atoms with Crippen LogP contribution in [-0.4, -0.2) is 17.9 Å². The van der Waals surface area contributed by atoms with E-state index in [1.807, 2.05) is 24.3 Å². The van der Waals surface area contributed by atoms with Crippen molar-refractivity contribution in [2.45, 2.75) is 56.4 Å². The van der Waals surface area contributed by atoms with E-state index >= 15 is 0 Å². The lowest BCUT2D eigenvalue weighted by atomic mass is 9.91. The molecule has 2 fully saturated rings. The highest BCUT2D eigenvalue weighted by molar-refractivity contribution is 6.30. The van der Waals surface area contributed by atoms with Crippen molar-refractivity contribution in [3.05, 3.63) is 64.7 Å². The van der Waals surface area contributed by atoms with Crippen molar-refractivity contribution in [3.63, 3.8) is 0 Å². The fraction of sp³-hybridized carbons (Fsp3) is 0.391. The summed E-state index contributed by atoms with van der Waals surface area (Å²) in [4.78, 5) is 25.2. The highest BCUT2D eigenvalue weighted by Crippen LogP contribution is 2.48. The number of rotatable bonds is 5. The number of carbonyl (C=O) groups is 2. The maximum absolute atomic E-state index is 12.9. The Morgan fingerprint density at radius 2 is 1.54 bits per heavy atom. The Balaban J connectivity index is 1.40. The van der Waals surface area contributed by atoms with Crippen molar-refractivity contribution in [1.82, 2.24) is 5.32 Å². The second-order valence-corrected chi connectivity index (χ2v) is 8.37. The van der Waals surface area contributed by atoms with Crippen molar-refractivity contribution in [1.29, 1.82) is 0 Å². The third-order valence-electron chi connectivity index (χ3n) is 5.93. The summed E-state index contributed by atoms with van der Waals surface area (Å²) in [5.74, 6) is -0.0158. The number of benzene rings is 2. The highest BCUT2D eigenvalue weighted by Gasteiger charge is 2.51. The third kappa shape index (κ3) is 4.07. The highest BCUT2D eigenvalue weighted by atomic mass is 35.5. The van der Waals surface area contributed by atoms with E-state index in [1.54, 1.807) is 24.3 Å². The lowest BCUT2D eigenvalue weighted by molar-refractivity contribution is -0.124. The summed E-state index contributed by atoms with van der Waals surface area (Å²) in [7, 11) is 0. The molecule has 4 rings (SSSR count). The summed E-state index contributed by atoms with van der Waals surface area (Å²) >= 11 is 5.87. The Kier molecular flexibility index (Phi) is 5.40. The molecule has 146 valence electrons. The van der Waals surface area contributed by atoms with E-state index in [-0.39, 0.29) is 17.2 Å². The molecule has 2 N–H and O–H groups in total. The molecule has 2 aromatic rings. The van der Waals surface area contributed by atoms with Crippen LogP contribution in [0.25, 0.3) is 0 Å². The fourth-order valence-electron chi connectivity index (χ4n) is 4.02. The van der Waals surface area contributed by atoms with Crippen LogP contribution in [0, 0.1) is 0 Å². The molecule has 0 atom stereocenters. The SMILES string of the molecule is O=C(Nc1ccc(C2(C(=O)NC3CCCCC3)CC2)cc1)c1ccc(Cl)cc1. The van der Waals surface area contributed by atoms with Crippen molar-refractivity contribution < 1.29 is 9.59 Å². The van der Waals surface area contributed by atoms with Crippen molar-refractivity contribution >= 4 is 29.1 Å². The first-order chi connectivity index (χ1) is 13.6. The molecule has 0 saturated heterocycles. The average molecular weight is 397 g/mol. The molecule has 2 amide bonds. The summed E-state index contributed by atoms with van der Waals surface area (Å²) in [5.41, 5.74) is 1.92. The molecule has 2 aromatic carbocycles. The minimum atomic E-state index is -0.379. The first-order valence-electron chi connectivity index (χ1n) is 10.1. The molecule has 0 radical (unpaired) electrons. The van der Waals surface area contributed by atoms with E-state index in [1.165, 1.54) is 19.3 Å². The van der Waals surface area contributed by atoms with Crippen molar-refractivity contribution in [2.24, 2.45) is 0 Å². The molecule has 28 heavy (non-hydrogen) atoms. The molecule has 2 aliphatic rings. The minimum Gasteiger partial charge on any atom is -0.353 e. The predicted octanol–water partition coefficient (Wildman–Crippen LogP) is 5.07. The lowest BCUT2D eigenvalue weighted by Crippen LogP contribution is -2.42. The Bertz CT molecular complexity index is 851. The first-order valence-corrected chi connectivity index (χ1v) is 10.4. The van der Waals surface area contributed by atoms with Crippen LogP contribution in [0.3, 0.4) is 0 Å². The lowest BCUT2D eigenvalue weighted by Gasteiger charge is -2.25. The molecule has 0 aliphatic heterocycles. The van der Waals surface area contributed by atoms with Gasteiger partial charge in [0.05, 0.1) is 5.41 Å². The van der Waals surface area contributed by atoms with E-state index in [4.69, 9.17) is 11.6 Å². The van der Waals surface area contributed by atoms with Gasteiger partial charge in [-0.15, -0.1) is 0 Å². The number of halogens is 1. The van der Waals surface area contributed by atoms with Gasteiger partial charge in [0.25, 0.3) is 5.91 Å². The number of anilines is 1. The quantitative estimate of drug-likeness (QED) is 0.740. The normalized spacial score (nSPS) is 18.3. The summed E-state index contributed by atoms with van der Waals surface area (Å²) in [6.07, 6.45) is 7.67. The van der Waals surface area contributed by atoms with E-state index in [9.17, 15) is 9.59 Å². The molecule has 4 nitrogen and oxygen atoms in total. The van der Waals surface area contributed by atoms with Gasteiger partial charge in [0, 0.05) is 22.3 Å². The Hall–Kier alpha value is -2.33. The molecular weight excluding hydrogens is 372 g/mol. The molecule has 0 unspecified atom stereocenters. The van der Waals surface area contributed by atoms with Crippen LogP contribution in [0.5, 0.6) is 0 Å². The Labute approximate surface area is 170 Å². The molecule has 0 bridgehead atoms. The van der Waals surface area contributed by atoms with Gasteiger partial charge in [-0.25, -0.2) is 0 Å². The van der Waals surface area contributed by atoms with Gasteiger partial charge >= 0.3 is 0 Å². The standard InChI is InChI=1S/C23H25ClN2O2/c24-18-10-6-16(7-11-18)21(27)25-20-12-8-17(9-13-20)23(14-15-23)22(28)26-19-4-2-1-3-5-19/h6-13,19H,1-5,14-15H2,(H,25,27)(H,26,28). The number of amides is 2. The summed E-state index contributed by atoms with van der Waals surface area (Å²) in [6.45, 7) is 0. The summed E-state index contributed by atoms with van der Waals surface area (Å²) in [6, 6.07) is 14.8. The predicted molar refractivity (Wildman–Crippen MR) is 112 cm³/mol. The number of hydrogen-bond acceptors (Lipinski definition) is 2. The molecule has 0 spiro atoms. The van der Waals surface area contributed by atoms with Crippen LogP contribution >= 0.6 is 11.6 Å². The van der Waals surface area contributed by atoms with Gasteiger partial charge in [-0.2, -0.15) is 0 Å². The van der Waals surface area contributed by atoms with E-state index < -0.39 is 0 Å². The number of hydrogen-bond donors (Lipinski definition) is 2. The fourth-order valence-corrected chi connectivity index (χ4v) is 4.15. The molecule has 2 aliphatic carbocycles. The number of carbonyl (C=O) groups excluding carboxylic acids is 2. The topological polar surface area (TPSA) is 58.2 Å². The molecule has 0 aromatic heterocycles. The van der Waals surface area contributed by atoms with E-state index in [0.717, 1.165) is 31.2 Å². The van der Waals surface area contributed by atoms with Gasteiger partial charge in [-0.05, 0) is 67.6 Å². The largest absolute Gasteiger partial charge is 0.353 e. The van der Waals surface area contributed by atoms with Crippen molar-refractivity contribution in [2.75, 3.05) is 5.32 Å². The zero-order valence-corrected chi connectivity index (χ0v) is 16.6. The zero-order valence-electron chi connectivity index (χ0n) is 15.8. The molecule has 2 saturated carbocycles. The minimum absolute atomic E-state index is 0.164. The monoisotopic (exact) mass is 396 g/mol. The first kappa shape index (κ1) is 19.0. The van der Waals surface area contributed by atoms with Crippen LogP contribution in [0.4, 0.5) is 5.69 Å². The van der Waals surface area contributed by atoms with Gasteiger partial charge < -0.3 is 10.6 Å². The third-order valence-corrected chi connectivity index (χ3v) is 6.18. The van der Waals surface area contributed by atoms with Crippen LogP contribution < -0.4 is 10.6 Å². The second-order valence-electron chi connectivity index (χ2n) is 7.93. The van der Waals surface area contributed by atoms with Crippen LogP contribution in [-0.2, 0) is 10.2 Å².